The summed E-state index contributed by atoms with van der Waals surface area (Å²) >= 11 is 0. The minimum atomic E-state index is -0.707. The normalized spacial score (nSPS) is 10.8. The summed E-state index contributed by atoms with van der Waals surface area (Å²) in [5.41, 5.74) is 1.80. The molecule has 0 saturated heterocycles. The number of nitrogens with zero attached hydrogens (tertiary/aromatic N) is 4. The summed E-state index contributed by atoms with van der Waals surface area (Å²) in [6.07, 6.45) is 3.27. The Morgan fingerprint density at radius 3 is 2.58 bits per heavy atom. The van der Waals surface area contributed by atoms with Crippen LogP contribution in [-0.2, 0) is 4.79 Å². The second kappa shape index (κ2) is 9.15. The third-order valence-electron chi connectivity index (χ3n) is 5.05. The lowest BCUT2D eigenvalue weighted by Gasteiger charge is -2.16. The summed E-state index contributed by atoms with van der Waals surface area (Å²) < 4.78 is 33.5. The standard InChI is InChI=1S/C24H21F2N5O2/c1-31(2)21(32)13-28-24-18-9-15(17-7-6-16(25)11-19(17)26)10-20(33-3)22(18)29-23(30-24)14-5-4-8-27-12-14/h4-12H,13H2,1-3H3,(H,28,29,30). The van der Waals surface area contributed by atoms with E-state index in [-0.39, 0.29) is 18.0 Å². The number of fused-ring (bicyclic) bond motifs is 1. The molecule has 0 radical (unpaired) electrons. The van der Waals surface area contributed by atoms with Crippen LogP contribution in [0, 0.1) is 11.6 Å². The first-order chi connectivity index (χ1) is 15.9. The molecule has 4 aromatic rings. The van der Waals surface area contributed by atoms with Gasteiger partial charge in [0.1, 0.15) is 28.7 Å². The monoisotopic (exact) mass is 449 g/mol. The maximum absolute atomic E-state index is 14.5. The SMILES string of the molecule is COc1cc(-c2ccc(F)cc2F)cc2c(NCC(=O)N(C)C)nc(-c3cccnc3)nc12. The Labute approximate surface area is 189 Å². The molecule has 1 N–H and O–H groups in total. The summed E-state index contributed by atoms with van der Waals surface area (Å²) in [4.78, 5) is 27.0. The molecular formula is C24H21F2N5O2. The molecule has 0 aliphatic carbocycles. The minimum Gasteiger partial charge on any atom is -0.494 e. The lowest BCUT2D eigenvalue weighted by atomic mass is 10.0. The number of carbonyl (C=O) groups is 1. The van der Waals surface area contributed by atoms with Gasteiger partial charge >= 0.3 is 0 Å². The Kier molecular flexibility index (Phi) is 6.12. The van der Waals surface area contributed by atoms with Crippen LogP contribution in [0.3, 0.4) is 0 Å². The number of aromatic nitrogens is 3. The molecule has 0 saturated carbocycles. The molecule has 1 amide bonds. The molecule has 0 aliphatic rings. The average Bonchev–Trinajstić information content (AvgIpc) is 2.82. The number of likely N-dealkylation sites (N-methyl/N-ethyl adjacent to an activating group) is 1. The first-order valence-corrected chi connectivity index (χ1v) is 10.1. The van der Waals surface area contributed by atoms with Crippen molar-refractivity contribution < 1.29 is 18.3 Å². The molecule has 9 heteroatoms. The van der Waals surface area contributed by atoms with Crippen molar-refractivity contribution in [2.45, 2.75) is 0 Å². The van der Waals surface area contributed by atoms with Gasteiger partial charge in [0, 0.05) is 49.1 Å². The van der Waals surface area contributed by atoms with Crippen LogP contribution >= 0.6 is 0 Å². The summed E-state index contributed by atoms with van der Waals surface area (Å²) in [7, 11) is 4.79. The lowest BCUT2D eigenvalue weighted by Crippen LogP contribution is -2.29. The van der Waals surface area contributed by atoms with E-state index in [0.29, 0.717) is 39.4 Å². The third-order valence-corrected chi connectivity index (χ3v) is 5.05. The van der Waals surface area contributed by atoms with Gasteiger partial charge in [-0.3, -0.25) is 9.78 Å². The molecule has 0 bridgehead atoms. The highest BCUT2D eigenvalue weighted by Gasteiger charge is 2.18. The highest BCUT2D eigenvalue weighted by atomic mass is 19.1. The number of methoxy groups -OCH3 is 1. The smallest absolute Gasteiger partial charge is 0.241 e. The van der Waals surface area contributed by atoms with E-state index >= 15 is 0 Å². The molecule has 0 aliphatic heterocycles. The maximum Gasteiger partial charge on any atom is 0.241 e. The van der Waals surface area contributed by atoms with E-state index in [2.05, 4.69) is 20.3 Å². The van der Waals surface area contributed by atoms with Crippen LogP contribution in [-0.4, -0.2) is 53.5 Å². The molecule has 0 unspecified atom stereocenters. The van der Waals surface area contributed by atoms with Crippen molar-refractivity contribution in [3.8, 4) is 28.3 Å². The molecule has 4 rings (SSSR count). The van der Waals surface area contributed by atoms with E-state index in [9.17, 15) is 13.6 Å². The van der Waals surface area contributed by atoms with Crippen LogP contribution in [0.2, 0.25) is 0 Å². The van der Waals surface area contributed by atoms with Gasteiger partial charge in [-0.25, -0.2) is 18.7 Å². The topological polar surface area (TPSA) is 80.2 Å². The Balaban J connectivity index is 1.93. The van der Waals surface area contributed by atoms with Gasteiger partial charge in [-0.2, -0.15) is 0 Å². The van der Waals surface area contributed by atoms with E-state index in [1.54, 1.807) is 44.7 Å². The van der Waals surface area contributed by atoms with Gasteiger partial charge < -0.3 is 15.0 Å². The summed E-state index contributed by atoms with van der Waals surface area (Å²) in [5.74, 6) is -0.399. The second-order valence-corrected chi connectivity index (χ2v) is 7.48. The van der Waals surface area contributed by atoms with Crippen molar-refractivity contribution in [2.24, 2.45) is 0 Å². The summed E-state index contributed by atoms with van der Waals surface area (Å²) in [6.45, 7) is -0.0109. The number of benzene rings is 2. The molecule has 0 spiro atoms. The van der Waals surface area contributed by atoms with Crippen molar-refractivity contribution in [2.75, 3.05) is 33.1 Å². The van der Waals surface area contributed by atoms with Crippen molar-refractivity contribution in [1.29, 1.82) is 0 Å². The molecule has 0 atom stereocenters. The van der Waals surface area contributed by atoms with E-state index in [1.165, 1.54) is 24.1 Å². The largest absolute Gasteiger partial charge is 0.494 e. The number of pyridine rings is 1. The van der Waals surface area contributed by atoms with Crippen LogP contribution < -0.4 is 10.1 Å². The van der Waals surface area contributed by atoms with Crippen molar-refractivity contribution in [1.82, 2.24) is 19.9 Å². The van der Waals surface area contributed by atoms with E-state index in [1.807, 2.05) is 6.07 Å². The van der Waals surface area contributed by atoms with Crippen molar-refractivity contribution >= 4 is 22.6 Å². The highest BCUT2D eigenvalue weighted by Crippen LogP contribution is 2.36. The van der Waals surface area contributed by atoms with Crippen LogP contribution in [0.1, 0.15) is 0 Å². The fourth-order valence-corrected chi connectivity index (χ4v) is 3.31. The molecule has 2 aromatic heterocycles. The van der Waals surface area contributed by atoms with E-state index in [4.69, 9.17) is 4.74 Å². The number of halogens is 2. The molecular weight excluding hydrogens is 428 g/mol. The predicted molar refractivity (Wildman–Crippen MR) is 122 cm³/mol. The Morgan fingerprint density at radius 2 is 1.91 bits per heavy atom. The third kappa shape index (κ3) is 4.57. The molecule has 33 heavy (non-hydrogen) atoms. The van der Waals surface area contributed by atoms with E-state index in [0.717, 1.165) is 6.07 Å². The second-order valence-electron chi connectivity index (χ2n) is 7.48. The lowest BCUT2D eigenvalue weighted by molar-refractivity contribution is -0.126. The van der Waals surface area contributed by atoms with Gasteiger partial charge in [-0.15, -0.1) is 0 Å². The Bertz CT molecular complexity index is 1330. The summed E-state index contributed by atoms with van der Waals surface area (Å²) in [5, 5.41) is 3.58. The number of anilines is 1. The van der Waals surface area contributed by atoms with Crippen molar-refractivity contribution in [3.63, 3.8) is 0 Å². The van der Waals surface area contributed by atoms with Crippen LogP contribution in [0.4, 0.5) is 14.6 Å². The number of ether oxygens (including phenoxy) is 1. The Hall–Kier alpha value is -4.14. The van der Waals surface area contributed by atoms with Crippen LogP contribution in [0.5, 0.6) is 5.75 Å². The average molecular weight is 449 g/mol. The van der Waals surface area contributed by atoms with Crippen molar-refractivity contribution in [3.05, 3.63) is 66.5 Å². The Morgan fingerprint density at radius 1 is 1.09 bits per heavy atom. The maximum atomic E-state index is 14.5. The van der Waals surface area contributed by atoms with Gasteiger partial charge in [0.15, 0.2) is 5.82 Å². The first-order valence-electron chi connectivity index (χ1n) is 10.1. The van der Waals surface area contributed by atoms with Crippen LogP contribution in [0.15, 0.2) is 54.9 Å². The van der Waals surface area contributed by atoms with Gasteiger partial charge in [-0.05, 0) is 42.0 Å². The molecule has 2 aromatic carbocycles. The molecule has 2 heterocycles. The fraction of sp³-hybridized carbons (Fsp3) is 0.167. The number of carbonyl (C=O) groups excluding carboxylic acids is 1. The minimum absolute atomic E-state index is 0.0109. The van der Waals surface area contributed by atoms with Gasteiger partial charge in [-0.1, -0.05) is 0 Å². The van der Waals surface area contributed by atoms with Gasteiger partial charge in [0.25, 0.3) is 0 Å². The zero-order valence-electron chi connectivity index (χ0n) is 18.3. The number of nitrogens with one attached hydrogen (secondary N) is 1. The number of rotatable bonds is 6. The first kappa shape index (κ1) is 22.1. The molecule has 168 valence electrons. The zero-order valence-corrected chi connectivity index (χ0v) is 18.3. The zero-order chi connectivity index (χ0) is 23.5. The highest BCUT2D eigenvalue weighted by molar-refractivity contribution is 5.98. The molecule has 0 fully saturated rings. The quantitative estimate of drug-likeness (QED) is 0.477. The summed E-state index contributed by atoms with van der Waals surface area (Å²) in [6, 6.07) is 10.3. The number of amides is 1. The fourth-order valence-electron chi connectivity index (χ4n) is 3.31. The van der Waals surface area contributed by atoms with Crippen LogP contribution in [0.25, 0.3) is 33.4 Å². The molecule has 7 nitrogen and oxygen atoms in total. The number of hydrogen-bond donors (Lipinski definition) is 1. The predicted octanol–water partition coefficient (Wildman–Crippen LogP) is 4.15. The number of hydrogen-bond acceptors (Lipinski definition) is 6. The van der Waals surface area contributed by atoms with E-state index < -0.39 is 11.6 Å². The van der Waals surface area contributed by atoms with Gasteiger partial charge in [0.05, 0.1) is 13.7 Å². The van der Waals surface area contributed by atoms with Gasteiger partial charge in [0.2, 0.25) is 5.91 Å².